The second kappa shape index (κ2) is 5.00. The standard InChI is InChI=1S/C12H19N7/c1-13-10-3-5-19(6-4-10)12-15-11(16-17-12)9-7-14-18(2)8-9/h7-8,10,13H,3-6H2,1-2H3,(H,15,16,17). The maximum absolute atomic E-state index is 4.55. The summed E-state index contributed by atoms with van der Waals surface area (Å²) in [4.78, 5) is 6.78. The number of aromatic amines is 1. The van der Waals surface area contributed by atoms with Gasteiger partial charge in [0.25, 0.3) is 0 Å². The van der Waals surface area contributed by atoms with E-state index in [9.17, 15) is 0 Å². The van der Waals surface area contributed by atoms with Crippen molar-refractivity contribution in [3.8, 4) is 11.4 Å². The van der Waals surface area contributed by atoms with Gasteiger partial charge in [-0.25, -0.2) is 0 Å². The first-order valence-corrected chi connectivity index (χ1v) is 6.60. The van der Waals surface area contributed by atoms with Gasteiger partial charge in [-0.1, -0.05) is 0 Å². The fourth-order valence-electron chi connectivity index (χ4n) is 2.44. The smallest absolute Gasteiger partial charge is 0.245 e. The molecular weight excluding hydrogens is 242 g/mol. The molecule has 3 rings (SSSR count). The molecule has 0 spiro atoms. The van der Waals surface area contributed by atoms with Crippen LogP contribution in [0.4, 0.5) is 5.95 Å². The minimum atomic E-state index is 0.619. The molecule has 0 unspecified atom stereocenters. The first-order valence-electron chi connectivity index (χ1n) is 6.60. The number of rotatable bonds is 3. The minimum absolute atomic E-state index is 0.619. The summed E-state index contributed by atoms with van der Waals surface area (Å²) in [5, 5.41) is 14.8. The zero-order valence-corrected chi connectivity index (χ0v) is 11.3. The van der Waals surface area contributed by atoms with Crippen molar-refractivity contribution in [3.63, 3.8) is 0 Å². The predicted octanol–water partition coefficient (Wildman–Crippen LogP) is 0.393. The van der Waals surface area contributed by atoms with Crippen LogP contribution in [0.15, 0.2) is 12.4 Å². The van der Waals surface area contributed by atoms with Gasteiger partial charge in [-0.2, -0.15) is 10.1 Å². The molecule has 0 aliphatic carbocycles. The van der Waals surface area contributed by atoms with Gasteiger partial charge in [0, 0.05) is 32.4 Å². The third-order valence-corrected chi connectivity index (χ3v) is 3.64. The maximum Gasteiger partial charge on any atom is 0.245 e. The van der Waals surface area contributed by atoms with Gasteiger partial charge in [-0.05, 0) is 19.9 Å². The predicted molar refractivity (Wildman–Crippen MR) is 72.9 cm³/mol. The number of hydrogen-bond donors (Lipinski definition) is 2. The fraction of sp³-hybridized carbons (Fsp3) is 0.583. The Labute approximate surface area is 112 Å². The van der Waals surface area contributed by atoms with Crippen molar-refractivity contribution in [2.75, 3.05) is 25.0 Å². The zero-order chi connectivity index (χ0) is 13.2. The molecular formula is C12H19N7. The van der Waals surface area contributed by atoms with E-state index in [1.54, 1.807) is 10.9 Å². The highest BCUT2D eigenvalue weighted by Crippen LogP contribution is 2.19. The Kier molecular flexibility index (Phi) is 3.20. The van der Waals surface area contributed by atoms with Gasteiger partial charge in [0.05, 0.1) is 11.8 Å². The number of H-pyrrole nitrogens is 1. The SMILES string of the molecule is CNC1CCN(c2n[nH]c(-c3cnn(C)c3)n2)CC1. The lowest BCUT2D eigenvalue weighted by atomic mass is 10.1. The van der Waals surface area contributed by atoms with Crippen molar-refractivity contribution in [2.24, 2.45) is 7.05 Å². The molecule has 102 valence electrons. The molecule has 3 heterocycles. The van der Waals surface area contributed by atoms with Crippen molar-refractivity contribution in [3.05, 3.63) is 12.4 Å². The van der Waals surface area contributed by atoms with E-state index in [1.165, 1.54) is 0 Å². The molecule has 0 saturated carbocycles. The molecule has 1 saturated heterocycles. The monoisotopic (exact) mass is 261 g/mol. The first-order chi connectivity index (χ1) is 9.26. The highest BCUT2D eigenvalue weighted by molar-refractivity contribution is 5.53. The Morgan fingerprint density at radius 2 is 2.16 bits per heavy atom. The molecule has 0 aromatic carbocycles. The maximum atomic E-state index is 4.55. The Morgan fingerprint density at radius 1 is 1.37 bits per heavy atom. The van der Waals surface area contributed by atoms with Crippen LogP contribution in [0.1, 0.15) is 12.8 Å². The van der Waals surface area contributed by atoms with Gasteiger partial charge >= 0.3 is 0 Å². The lowest BCUT2D eigenvalue weighted by Crippen LogP contribution is -2.41. The van der Waals surface area contributed by atoms with Gasteiger partial charge in [0.2, 0.25) is 5.95 Å². The van der Waals surface area contributed by atoms with Gasteiger partial charge in [-0.15, -0.1) is 5.10 Å². The summed E-state index contributed by atoms with van der Waals surface area (Å²) >= 11 is 0. The van der Waals surface area contributed by atoms with Crippen molar-refractivity contribution >= 4 is 5.95 Å². The lowest BCUT2D eigenvalue weighted by Gasteiger charge is -2.30. The van der Waals surface area contributed by atoms with Crippen molar-refractivity contribution in [2.45, 2.75) is 18.9 Å². The Morgan fingerprint density at radius 3 is 2.79 bits per heavy atom. The van der Waals surface area contributed by atoms with Gasteiger partial charge < -0.3 is 10.2 Å². The van der Waals surface area contributed by atoms with Gasteiger partial charge in [0.15, 0.2) is 5.82 Å². The number of aryl methyl sites for hydroxylation is 1. The normalized spacial score (nSPS) is 17.1. The van der Waals surface area contributed by atoms with Crippen LogP contribution in [-0.4, -0.2) is 51.1 Å². The highest BCUT2D eigenvalue weighted by Gasteiger charge is 2.21. The second-order valence-corrected chi connectivity index (χ2v) is 4.94. The minimum Gasteiger partial charge on any atom is -0.339 e. The second-order valence-electron chi connectivity index (χ2n) is 4.94. The molecule has 1 aliphatic rings. The number of aromatic nitrogens is 5. The summed E-state index contributed by atoms with van der Waals surface area (Å²) in [6, 6.07) is 0.619. The van der Waals surface area contributed by atoms with Crippen LogP contribution in [0.25, 0.3) is 11.4 Å². The molecule has 7 heteroatoms. The van der Waals surface area contributed by atoms with E-state index < -0.39 is 0 Å². The van der Waals surface area contributed by atoms with Crippen LogP contribution in [0, 0.1) is 0 Å². The topological polar surface area (TPSA) is 74.7 Å². The average Bonchev–Trinajstić information content (AvgIpc) is 3.07. The van der Waals surface area contributed by atoms with E-state index in [4.69, 9.17) is 0 Å². The van der Waals surface area contributed by atoms with E-state index in [-0.39, 0.29) is 0 Å². The molecule has 19 heavy (non-hydrogen) atoms. The van der Waals surface area contributed by atoms with Crippen LogP contribution in [0.3, 0.4) is 0 Å². The van der Waals surface area contributed by atoms with Crippen LogP contribution < -0.4 is 10.2 Å². The highest BCUT2D eigenvalue weighted by atomic mass is 15.4. The molecule has 1 aliphatic heterocycles. The van der Waals surface area contributed by atoms with Crippen LogP contribution in [0.2, 0.25) is 0 Å². The van der Waals surface area contributed by atoms with E-state index in [0.29, 0.717) is 6.04 Å². The summed E-state index contributed by atoms with van der Waals surface area (Å²) in [5.41, 5.74) is 0.964. The number of hydrogen-bond acceptors (Lipinski definition) is 5. The third kappa shape index (κ3) is 2.46. The molecule has 0 radical (unpaired) electrons. The number of nitrogens with zero attached hydrogens (tertiary/aromatic N) is 5. The van der Waals surface area contributed by atoms with Crippen molar-refractivity contribution in [1.82, 2.24) is 30.3 Å². The number of anilines is 1. The van der Waals surface area contributed by atoms with E-state index in [2.05, 4.69) is 30.5 Å². The third-order valence-electron chi connectivity index (χ3n) is 3.64. The van der Waals surface area contributed by atoms with E-state index in [1.807, 2.05) is 20.3 Å². The molecule has 2 aromatic rings. The molecule has 0 amide bonds. The average molecular weight is 261 g/mol. The Balaban J connectivity index is 1.72. The summed E-state index contributed by atoms with van der Waals surface area (Å²) in [5.74, 6) is 1.56. The molecule has 0 bridgehead atoms. The fourth-order valence-corrected chi connectivity index (χ4v) is 2.44. The van der Waals surface area contributed by atoms with Crippen LogP contribution in [-0.2, 0) is 7.05 Å². The Hall–Kier alpha value is -1.89. The molecule has 0 atom stereocenters. The summed E-state index contributed by atoms with van der Waals surface area (Å²) in [6.07, 6.45) is 5.98. The molecule has 7 nitrogen and oxygen atoms in total. The quantitative estimate of drug-likeness (QED) is 0.836. The van der Waals surface area contributed by atoms with E-state index >= 15 is 0 Å². The lowest BCUT2D eigenvalue weighted by molar-refractivity contribution is 0.439. The number of nitrogens with one attached hydrogen (secondary N) is 2. The van der Waals surface area contributed by atoms with Crippen LogP contribution in [0.5, 0.6) is 0 Å². The van der Waals surface area contributed by atoms with Gasteiger partial charge in [-0.3, -0.25) is 9.78 Å². The molecule has 2 aromatic heterocycles. The summed E-state index contributed by atoms with van der Waals surface area (Å²) in [7, 11) is 3.91. The van der Waals surface area contributed by atoms with E-state index in [0.717, 1.165) is 43.3 Å². The summed E-state index contributed by atoms with van der Waals surface area (Å²) < 4.78 is 1.76. The zero-order valence-electron chi connectivity index (χ0n) is 11.3. The first kappa shape index (κ1) is 12.2. The van der Waals surface area contributed by atoms with Gasteiger partial charge in [0.1, 0.15) is 0 Å². The largest absolute Gasteiger partial charge is 0.339 e. The molecule has 2 N–H and O–H groups in total. The van der Waals surface area contributed by atoms with Crippen LogP contribution >= 0.6 is 0 Å². The molecule has 1 fully saturated rings. The van der Waals surface area contributed by atoms with Crippen molar-refractivity contribution < 1.29 is 0 Å². The number of piperidine rings is 1. The Bertz CT molecular complexity index is 536. The summed E-state index contributed by atoms with van der Waals surface area (Å²) in [6.45, 7) is 1.99. The van der Waals surface area contributed by atoms with Crippen molar-refractivity contribution in [1.29, 1.82) is 0 Å².